The third kappa shape index (κ3) is 3.20. The molecule has 1 aliphatic heterocycles. The molecule has 0 aromatic heterocycles. The van der Waals surface area contributed by atoms with Gasteiger partial charge in [0.15, 0.2) is 0 Å². The highest BCUT2D eigenvalue weighted by Crippen LogP contribution is 2.50. The average molecular weight is 294 g/mol. The van der Waals surface area contributed by atoms with Gasteiger partial charge in [0.05, 0.1) is 6.10 Å². The van der Waals surface area contributed by atoms with Crippen LogP contribution < -0.4 is 5.73 Å². The molecular weight excluding hydrogens is 260 g/mol. The third-order valence-corrected chi connectivity index (χ3v) is 5.77. The molecule has 2 N–H and O–H groups in total. The van der Waals surface area contributed by atoms with Crippen LogP contribution in [-0.4, -0.2) is 42.8 Å². The summed E-state index contributed by atoms with van der Waals surface area (Å²) in [6.07, 6.45) is 4.89. The lowest BCUT2D eigenvalue weighted by Crippen LogP contribution is -2.73. The molecule has 0 spiro atoms. The molecule has 122 valence electrons. The summed E-state index contributed by atoms with van der Waals surface area (Å²) >= 11 is 0. The monoisotopic (exact) mass is 294 g/mol. The van der Waals surface area contributed by atoms with Crippen LogP contribution in [0.25, 0.3) is 0 Å². The maximum absolute atomic E-state index is 6.71. The maximum atomic E-state index is 6.71. The molecule has 2 atom stereocenters. The van der Waals surface area contributed by atoms with Crippen molar-refractivity contribution in [1.29, 1.82) is 0 Å². The topological polar surface area (TPSA) is 38.5 Å². The van der Waals surface area contributed by atoms with Crippen molar-refractivity contribution >= 4 is 0 Å². The van der Waals surface area contributed by atoms with Crippen LogP contribution in [0, 0.1) is 10.8 Å². The SMILES string of the molecule is CCOC1CC(N)(CN2CC=C(C(C)(C)C)CC2)C1(C)C. The van der Waals surface area contributed by atoms with E-state index >= 15 is 0 Å². The highest BCUT2D eigenvalue weighted by molar-refractivity contribution is 5.18. The third-order valence-electron chi connectivity index (χ3n) is 5.77. The lowest BCUT2D eigenvalue weighted by atomic mass is 9.54. The zero-order valence-electron chi connectivity index (χ0n) is 14.8. The summed E-state index contributed by atoms with van der Waals surface area (Å²) in [6.45, 7) is 17.5. The molecule has 0 aromatic rings. The Labute approximate surface area is 130 Å². The smallest absolute Gasteiger partial charge is 0.0662 e. The van der Waals surface area contributed by atoms with Gasteiger partial charge in [-0.3, -0.25) is 4.90 Å². The molecule has 2 aliphatic rings. The van der Waals surface area contributed by atoms with E-state index in [0.717, 1.165) is 32.7 Å². The molecule has 1 fully saturated rings. The Morgan fingerprint density at radius 3 is 2.48 bits per heavy atom. The van der Waals surface area contributed by atoms with E-state index in [0.29, 0.717) is 11.5 Å². The fourth-order valence-corrected chi connectivity index (χ4v) is 3.71. The summed E-state index contributed by atoms with van der Waals surface area (Å²) in [5.74, 6) is 0. The van der Waals surface area contributed by atoms with Gasteiger partial charge in [-0.2, -0.15) is 0 Å². The minimum absolute atomic E-state index is 0.0665. The first-order valence-electron chi connectivity index (χ1n) is 8.42. The van der Waals surface area contributed by atoms with Crippen molar-refractivity contribution in [2.45, 2.75) is 66.0 Å². The van der Waals surface area contributed by atoms with Gasteiger partial charge in [0.2, 0.25) is 0 Å². The van der Waals surface area contributed by atoms with E-state index < -0.39 is 0 Å². The second-order valence-electron chi connectivity index (χ2n) is 8.49. The first-order valence-corrected chi connectivity index (χ1v) is 8.42. The van der Waals surface area contributed by atoms with Crippen LogP contribution in [0.1, 0.15) is 54.4 Å². The van der Waals surface area contributed by atoms with Crippen LogP contribution in [0.15, 0.2) is 11.6 Å². The lowest BCUT2D eigenvalue weighted by Gasteiger charge is -2.60. The molecule has 0 aromatic carbocycles. The molecule has 1 saturated carbocycles. The van der Waals surface area contributed by atoms with Gasteiger partial charge in [-0.15, -0.1) is 0 Å². The number of hydrogen-bond acceptors (Lipinski definition) is 3. The van der Waals surface area contributed by atoms with Crippen LogP contribution >= 0.6 is 0 Å². The molecule has 1 heterocycles. The molecule has 1 aliphatic carbocycles. The van der Waals surface area contributed by atoms with Gasteiger partial charge >= 0.3 is 0 Å². The first-order chi connectivity index (χ1) is 9.60. The van der Waals surface area contributed by atoms with Gasteiger partial charge in [0, 0.05) is 37.2 Å². The van der Waals surface area contributed by atoms with Gasteiger partial charge in [0.25, 0.3) is 0 Å². The summed E-state index contributed by atoms with van der Waals surface area (Å²) in [5.41, 5.74) is 8.56. The maximum Gasteiger partial charge on any atom is 0.0662 e. The minimum Gasteiger partial charge on any atom is -0.378 e. The molecule has 3 nitrogen and oxygen atoms in total. The van der Waals surface area contributed by atoms with Crippen molar-refractivity contribution in [2.75, 3.05) is 26.2 Å². The van der Waals surface area contributed by atoms with Crippen molar-refractivity contribution in [3.05, 3.63) is 11.6 Å². The lowest BCUT2D eigenvalue weighted by molar-refractivity contribution is -0.156. The molecule has 0 radical (unpaired) electrons. The Morgan fingerprint density at radius 1 is 1.38 bits per heavy atom. The zero-order valence-corrected chi connectivity index (χ0v) is 14.8. The van der Waals surface area contributed by atoms with E-state index in [-0.39, 0.29) is 11.0 Å². The Bertz CT molecular complexity index is 408. The highest BCUT2D eigenvalue weighted by atomic mass is 16.5. The summed E-state index contributed by atoms with van der Waals surface area (Å²) in [5, 5.41) is 0. The molecule has 3 heteroatoms. The summed E-state index contributed by atoms with van der Waals surface area (Å²) in [4.78, 5) is 2.51. The Morgan fingerprint density at radius 2 is 2.05 bits per heavy atom. The van der Waals surface area contributed by atoms with Crippen molar-refractivity contribution in [1.82, 2.24) is 4.90 Å². The van der Waals surface area contributed by atoms with E-state index in [2.05, 4.69) is 52.5 Å². The van der Waals surface area contributed by atoms with Crippen LogP contribution in [0.2, 0.25) is 0 Å². The predicted molar refractivity (Wildman–Crippen MR) is 89.3 cm³/mol. The van der Waals surface area contributed by atoms with E-state index in [1.54, 1.807) is 5.57 Å². The highest BCUT2D eigenvalue weighted by Gasteiger charge is 2.58. The van der Waals surface area contributed by atoms with Crippen LogP contribution in [0.5, 0.6) is 0 Å². The molecule has 0 amide bonds. The van der Waals surface area contributed by atoms with Gasteiger partial charge < -0.3 is 10.5 Å². The van der Waals surface area contributed by atoms with Crippen molar-refractivity contribution in [3.63, 3.8) is 0 Å². The summed E-state index contributed by atoms with van der Waals surface area (Å²) in [7, 11) is 0. The van der Waals surface area contributed by atoms with Crippen molar-refractivity contribution in [3.8, 4) is 0 Å². The average Bonchev–Trinajstić information content (AvgIpc) is 2.38. The van der Waals surface area contributed by atoms with E-state index in [4.69, 9.17) is 10.5 Å². The van der Waals surface area contributed by atoms with E-state index in [1.807, 2.05) is 0 Å². The largest absolute Gasteiger partial charge is 0.378 e. The summed E-state index contributed by atoms with van der Waals surface area (Å²) < 4.78 is 5.83. The van der Waals surface area contributed by atoms with Gasteiger partial charge in [0.1, 0.15) is 0 Å². The minimum atomic E-state index is -0.111. The summed E-state index contributed by atoms with van der Waals surface area (Å²) in [6, 6.07) is 0. The van der Waals surface area contributed by atoms with Crippen molar-refractivity contribution in [2.24, 2.45) is 16.6 Å². The Balaban J connectivity index is 1.94. The van der Waals surface area contributed by atoms with Crippen molar-refractivity contribution < 1.29 is 4.74 Å². The Kier molecular flexibility index (Phi) is 4.59. The first kappa shape index (κ1) is 17.0. The normalized spacial score (nSPS) is 33.5. The quantitative estimate of drug-likeness (QED) is 0.809. The number of rotatable bonds is 4. The fourth-order valence-electron chi connectivity index (χ4n) is 3.71. The number of ether oxygens (including phenoxy) is 1. The van der Waals surface area contributed by atoms with Gasteiger partial charge in [-0.25, -0.2) is 0 Å². The van der Waals surface area contributed by atoms with Gasteiger partial charge in [-0.05, 0) is 25.2 Å². The van der Waals surface area contributed by atoms with Crippen LogP contribution in [0.4, 0.5) is 0 Å². The molecule has 21 heavy (non-hydrogen) atoms. The molecule has 2 unspecified atom stereocenters. The number of nitrogens with two attached hydrogens (primary N) is 1. The molecule has 2 rings (SSSR count). The Hall–Kier alpha value is -0.380. The standard InChI is InChI=1S/C18H34N2O/c1-7-21-15-12-18(19,17(15,5)6)13-20-10-8-14(9-11-20)16(2,3)4/h8,15H,7,9-13,19H2,1-6H3. The number of nitrogens with zero attached hydrogens (tertiary/aromatic N) is 1. The van der Waals surface area contributed by atoms with Crippen LogP contribution in [0.3, 0.4) is 0 Å². The predicted octanol–water partition coefficient (Wildman–Crippen LogP) is 3.20. The van der Waals surface area contributed by atoms with E-state index in [9.17, 15) is 0 Å². The number of hydrogen-bond donors (Lipinski definition) is 1. The second-order valence-corrected chi connectivity index (χ2v) is 8.49. The second kappa shape index (κ2) is 5.68. The molecule has 0 saturated heterocycles. The molecular formula is C18H34N2O. The zero-order chi connectivity index (χ0) is 15.9. The van der Waals surface area contributed by atoms with E-state index in [1.165, 1.54) is 6.42 Å². The van der Waals surface area contributed by atoms with Gasteiger partial charge in [-0.1, -0.05) is 46.3 Å². The fraction of sp³-hybridized carbons (Fsp3) is 0.889. The molecule has 0 bridgehead atoms. The van der Waals surface area contributed by atoms with Crippen LogP contribution in [-0.2, 0) is 4.74 Å².